The van der Waals surface area contributed by atoms with Crippen LogP contribution in [0.3, 0.4) is 0 Å². The molecule has 0 aromatic heterocycles. The SMILES string of the molecule is COCCN(C)C1Cc2c([NH])cccc2NC1=O. The van der Waals surface area contributed by atoms with E-state index in [0.29, 0.717) is 25.3 Å². The highest BCUT2D eigenvalue weighted by molar-refractivity contribution is 5.98. The van der Waals surface area contributed by atoms with Gasteiger partial charge in [0.1, 0.15) is 0 Å². The summed E-state index contributed by atoms with van der Waals surface area (Å²) in [4.78, 5) is 14.0. The van der Waals surface area contributed by atoms with E-state index >= 15 is 0 Å². The van der Waals surface area contributed by atoms with Gasteiger partial charge in [-0.05, 0) is 19.2 Å². The largest absolute Gasteiger partial charge is 0.383 e. The Kier molecular flexibility index (Phi) is 3.84. The summed E-state index contributed by atoms with van der Waals surface area (Å²) in [5.41, 5.74) is 10.0. The van der Waals surface area contributed by atoms with Gasteiger partial charge in [-0.25, -0.2) is 0 Å². The van der Waals surface area contributed by atoms with E-state index in [4.69, 9.17) is 10.5 Å². The summed E-state index contributed by atoms with van der Waals surface area (Å²) in [6.45, 7) is 1.29. The third kappa shape index (κ3) is 2.47. The summed E-state index contributed by atoms with van der Waals surface area (Å²) >= 11 is 0. The molecule has 1 amide bonds. The van der Waals surface area contributed by atoms with Crippen LogP contribution in [0, 0.1) is 0 Å². The summed E-state index contributed by atoms with van der Waals surface area (Å²) in [7, 11) is 3.55. The third-order valence-corrected chi connectivity index (χ3v) is 3.31. The molecular formula is C13H18N3O2. The van der Waals surface area contributed by atoms with Crippen LogP contribution in [0.1, 0.15) is 5.56 Å². The van der Waals surface area contributed by atoms with Crippen molar-refractivity contribution < 1.29 is 9.53 Å². The molecule has 1 atom stereocenters. The molecule has 0 aliphatic carbocycles. The van der Waals surface area contributed by atoms with Crippen molar-refractivity contribution in [2.24, 2.45) is 0 Å². The molecule has 2 N–H and O–H groups in total. The van der Waals surface area contributed by atoms with Gasteiger partial charge in [-0.15, -0.1) is 0 Å². The lowest BCUT2D eigenvalue weighted by molar-refractivity contribution is -0.121. The van der Waals surface area contributed by atoms with E-state index in [1.54, 1.807) is 19.2 Å². The van der Waals surface area contributed by atoms with Gasteiger partial charge in [0.15, 0.2) is 0 Å². The maximum Gasteiger partial charge on any atom is 0.242 e. The van der Waals surface area contributed by atoms with Crippen LogP contribution in [-0.2, 0) is 16.0 Å². The van der Waals surface area contributed by atoms with Gasteiger partial charge >= 0.3 is 0 Å². The highest BCUT2D eigenvalue weighted by Gasteiger charge is 2.30. The van der Waals surface area contributed by atoms with Crippen LogP contribution in [0.4, 0.5) is 11.4 Å². The molecule has 97 valence electrons. The topological polar surface area (TPSA) is 65.4 Å². The first-order chi connectivity index (χ1) is 8.63. The Morgan fingerprint density at radius 2 is 2.33 bits per heavy atom. The highest BCUT2D eigenvalue weighted by atomic mass is 16.5. The van der Waals surface area contributed by atoms with Crippen LogP contribution >= 0.6 is 0 Å². The number of amides is 1. The summed E-state index contributed by atoms with van der Waals surface area (Å²) in [5, 5.41) is 2.87. The van der Waals surface area contributed by atoms with E-state index in [1.807, 2.05) is 18.0 Å². The van der Waals surface area contributed by atoms with Crippen molar-refractivity contribution in [3.63, 3.8) is 0 Å². The molecule has 18 heavy (non-hydrogen) atoms. The molecule has 1 aliphatic heterocycles. The zero-order chi connectivity index (χ0) is 13.1. The van der Waals surface area contributed by atoms with Crippen LogP contribution in [0.2, 0.25) is 0 Å². The van der Waals surface area contributed by atoms with Crippen LogP contribution in [0.5, 0.6) is 0 Å². The van der Waals surface area contributed by atoms with Crippen molar-refractivity contribution in [3.05, 3.63) is 23.8 Å². The molecule has 1 aromatic rings. The van der Waals surface area contributed by atoms with Crippen molar-refractivity contribution >= 4 is 17.3 Å². The molecule has 0 saturated carbocycles. The number of hydrogen-bond acceptors (Lipinski definition) is 3. The zero-order valence-electron chi connectivity index (χ0n) is 10.7. The number of methoxy groups -OCH3 is 1. The molecule has 0 spiro atoms. The fourth-order valence-electron chi connectivity index (χ4n) is 2.17. The molecule has 1 aliphatic rings. The van der Waals surface area contributed by atoms with Crippen molar-refractivity contribution in [1.29, 1.82) is 0 Å². The smallest absolute Gasteiger partial charge is 0.242 e. The summed E-state index contributed by atoms with van der Waals surface area (Å²) in [6, 6.07) is 5.16. The fourth-order valence-corrected chi connectivity index (χ4v) is 2.17. The molecule has 1 radical (unpaired) electrons. The standard InChI is InChI=1S/C13H18N3O2/c1-16(6-7-18-2)12-8-9-10(14)4-3-5-11(9)15-13(12)17/h3-5,12,14H,6-8H2,1-2H3,(H,15,17). The van der Waals surface area contributed by atoms with Gasteiger partial charge < -0.3 is 15.8 Å². The number of ether oxygens (including phenoxy) is 1. The molecule has 1 aromatic carbocycles. The Hall–Kier alpha value is -1.59. The number of carbonyl (C=O) groups is 1. The number of nitrogens with zero attached hydrogens (tertiary/aromatic N) is 1. The first-order valence-electron chi connectivity index (χ1n) is 5.97. The number of hydrogen-bond donors (Lipinski definition) is 1. The van der Waals surface area contributed by atoms with Gasteiger partial charge in [0.25, 0.3) is 0 Å². The van der Waals surface area contributed by atoms with E-state index in [2.05, 4.69) is 5.32 Å². The lowest BCUT2D eigenvalue weighted by Gasteiger charge is -2.31. The summed E-state index contributed by atoms with van der Waals surface area (Å²) in [6.07, 6.45) is 0.584. The Balaban J connectivity index is 2.17. The van der Waals surface area contributed by atoms with Crippen molar-refractivity contribution in [3.8, 4) is 0 Å². The average molecular weight is 248 g/mol. The monoisotopic (exact) mass is 248 g/mol. The number of rotatable bonds is 4. The number of fused-ring (bicyclic) bond motifs is 1. The average Bonchev–Trinajstić information content (AvgIpc) is 2.35. The second kappa shape index (κ2) is 5.37. The van der Waals surface area contributed by atoms with Crippen LogP contribution in [0.25, 0.3) is 0 Å². The van der Waals surface area contributed by atoms with Crippen molar-refractivity contribution in [2.75, 3.05) is 32.6 Å². The number of carbonyl (C=O) groups excluding carboxylic acids is 1. The minimum Gasteiger partial charge on any atom is -0.383 e. The molecule has 0 bridgehead atoms. The first kappa shape index (κ1) is 12.9. The van der Waals surface area contributed by atoms with Gasteiger partial charge in [0.05, 0.1) is 18.3 Å². The molecular weight excluding hydrogens is 230 g/mol. The lowest BCUT2D eigenvalue weighted by Crippen LogP contribution is -2.47. The van der Waals surface area contributed by atoms with E-state index in [0.717, 1.165) is 11.3 Å². The Labute approximate surface area is 107 Å². The number of benzene rings is 1. The van der Waals surface area contributed by atoms with E-state index < -0.39 is 0 Å². The number of anilines is 1. The van der Waals surface area contributed by atoms with Crippen molar-refractivity contribution in [1.82, 2.24) is 10.6 Å². The fraction of sp³-hybridized carbons (Fsp3) is 0.462. The molecule has 5 heteroatoms. The number of nitrogens with one attached hydrogen (secondary N) is 2. The molecule has 1 unspecified atom stereocenters. The molecule has 1 heterocycles. The molecule has 0 saturated heterocycles. The lowest BCUT2D eigenvalue weighted by atomic mass is 9.96. The van der Waals surface area contributed by atoms with Gasteiger partial charge in [-0.1, -0.05) is 6.07 Å². The maximum atomic E-state index is 12.0. The second-order valence-corrected chi connectivity index (χ2v) is 4.51. The minimum atomic E-state index is -0.223. The zero-order valence-corrected chi connectivity index (χ0v) is 10.7. The molecule has 0 fully saturated rings. The summed E-state index contributed by atoms with van der Waals surface area (Å²) in [5.74, 6) is -0.00768. The van der Waals surface area contributed by atoms with Gasteiger partial charge in [0.2, 0.25) is 5.91 Å². The van der Waals surface area contributed by atoms with Crippen LogP contribution < -0.4 is 11.1 Å². The molecule has 2 rings (SSSR count). The maximum absolute atomic E-state index is 12.0. The number of likely N-dealkylation sites (N-methyl/N-ethyl adjacent to an activating group) is 1. The van der Waals surface area contributed by atoms with E-state index in [9.17, 15) is 4.79 Å². The quantitative estimate of drug-likeness (QED) is 0.866. The Morgan fingerprint density at radius 1 is 1.56 bits per heavy atom. The van der Waals surface area contributed by atoms with E-state index in [1.165, 1.54) is 0 Å². The van der Waals surface area contributed by atoms with E-state index in [-0.39, 0.29) is 11.9 Å². The minimum absolute atomic E-state index is 0.00768. The Bertz CT molecular complexity index is 448. The normalized spacial score (nSPS) is 18.6. The summed E-state index contributed by atoms with van der Waals surface area (Å²) < 4.78 is 5.02. The van der Waals surface area contributed by atoms with Gasteiger partial charge in [-0.2, -0.15) is 0 Å². The first-order valence-corrected chi connectivity index (χ1v) is 5.97. The van der Waals surface area contributed by atoms with Crippen molar-refractivity contribution in [2.45, 2.75) is 12.5 Å². The second-order valence-electron chi connectivity index (χ2n) is 4.51. The highest BCUT2D eigenvalue weighted by Crippen LogP contribution is 2.29. The predicted octanol–water partition coefficient (Wildman–Crippen LogP) is 1.04. The van der Waals surface area contributed by atoms with Crippen LogP contribution in [-0.4, -0.2) is 44.2 Å². The van der Waals surface area contributed by atoms with Gasteiger partial charge in [0, 0.05) is 31.3 Å². The molecule has 5 nitrogen and oxygen atoms in total. The Morgan fingerprint density at radius 3 is 3.06 bits per heavy atom. The van der Waals surface area contributed by atoms with Gasteiger partial charge in [-0.3, -0.25) is 9.69 Å². The predicted molar refractivity (Wildman–Crippen MR) is 69.8 cm³/mol. The van der Waals surface area contributed by atoms with Crippen LogP contribution in [0.15, 0.2) is 18.2 Å². The third-order valence-electron chi connectivity index (χ3n) is 3.31.